The van der Waals surface area contributed by atoms with Crippen LogP contribution >= 0.6 is 15.9 Å². The second-order valence-electron chi connectivity index (χ2n) is 5.72. The summed E-state index contributed by atoms with van der Waals surface area (Å²) in [5.74, 6) is -1.03. The summed E-state index contributed by atoms with van der Waals surface area (Å²) in [4.78, 5) is 22.8. The summed E-state index contributed by atoms with van der Waals surface area (Å²) in [5.41, 5.74) is 0.445. The molecule has 0 aromatic heterocycles. The van der Waals surface area contributed by atoms with Crippen LogP contribution in [0.1, 0.15) is 45.2 Å². The maximum absolute atomic E-state index is 12.0. The lowest BCUT2D eigenvalue weighted by Crippen LogP contribution is -2.32. The van der Waals surface area contributed by atoms with Crippen molar-refractivity contribution in [3.8, 4) is 0 Å². The molecule has 5 heteroatoms. The van der Waals surface area contributed by atoms with E-state index in [9.17, 15) is 9.59 Å². The fourth-order valence-electron chi connectivity index (χ4n) is 2.10. The van der Waals surface area contributed by atoms with Gasteiger partial charge in [0.2, 0.25) is 5.91 Å². The summed E-state index contributed by atoms with van der Waals surface area (Å²) < 4.78 is 0.942. The third-order valence-electron chi connectivity index (χ3n) is 3.02. The molecule has 0 heterocycles. The van der Waals surface area contributed by atoms with Crippen LogP contribution in [0.2, 0.25) is 0 Å². The summed E-state index contributed by atoms with van der Waals surface area (Å²) in [7, 11) is 0. The number of carbonyl (C=O) groups excluding carboxylic acids is 1. The highest BCUT2D eigenvalue weighted by atomic mass is 79.9. The third-order valence-corrected chi connectivity index (χ3v) is 3.74. The fraction of sp³-hybridized carbons (Fsp3) is 0.467. The normalized spacial score (nSPS) is 12.8. The van der Waals surface area contributed by atoms with E-state index in [0.717, 1.165) is 10.0 Å². The molecule has 1 aromatic carbocycles. The fourth-order valence-corrected chi connectivity index (χ4v) is 2.73. The van der Waals surface area contributed by atoms with Gasteiger partial charge >= 0.3 is 5.97 Å². The van der Waals surface area contributed by atoms with E-state index < -0.39 is 11.4 Å². The summed E-state index contributed by atoms with van der Waals surface area (Å²) >= 11 is 3.45. The van der Waals surface area contributed by atoms with E-state index in [-0.39, 0.29) is 24.8 Å². The Balaban J connectivity index is 2.63. The average molecular weight is 342 g/mol. The first kappa shape index (κ1) is 16.7. The van der Waals surface area contributed by atoms with Gasteiger partial charge in [-0.3, -0.25) is 9.59 Å². The van der Waals surface area contributed by atoms with Gasteiger partial charge in [0.05, 0.1) is 12.5 Å². The van der Waals surface area contributed by atoms with Gasteiger partial charge in [-0.05, 0) is 24.0 Å². The smallest absolute Gasteiger partial charge is 0.303 e. The first-order chi connectivity index (χ1) is 9.21. The van der Waals surface area contributed by atoms with Crippen LogP contribution < -0.4 is 5.32 Å². The van der Waals surface area contributed by atoms with Crippen molar-refractivity contribution in [2.24, 2.45) is 5.41 Å². The molecule has 1 rings (SSSR count). The number of hydrogen-bond donors (Lipinski definition) is 2. The van der Waals surface area contributed by atoms with Gasteiger partial charge in [-0.2, -0.15) is 0 Å². The summed E-state index contributed by atoms with van der Waals surface area (Å²) in [5, 5.41) is 11.7. The Kier molecular flexibility index (Phi) is 5.74. The standard InChI is InChI=1S/C15H20BrNO3/c1-10(11-6-4-5-7-12(11)16)17-13(18)8-15(2,3)9-14(19)20/h4-7,10H,8-9H2,1-3H3,(H,17,18)(H,19,20)/t10-/m0/s1. The van der Waals surface area contributed by atoms with Crippen molar-refractivity contribution in [1.29, 1.82) is 0 Å². The van der Waals surface area contributed by atoms with Crippen molar-refractivity contribution >= 4 is 27.8 Å². The molecule has 1 atom stereocenters. The van der Waals surface area contributed by atoms with E-state index in [1.165, 1.54) is 0 Å². The number of carbonyl (C=O) groups is 2. The quantitative estimate of drug-likeness (QED) is 0.831. The van der Waals surface area contributed by atoms with Crippen LogP contribution in [-0.2, 0) is 9.59 Å². The molecule has 1 amide bonds. The maximum Gasteiger partial charge on any atom is 0.303 e. The predicted molar refractivity (Wildman–Crippen MR) is 81.4 cm³/mol. The number of nitrogens with one attached hydrogen (secondary N) is 1. The Hall–Kier alpha value is -1.36. The first-order valence-corrected chi connectivity index (χ1v) is 7.26. The minimum absolute atomic E-state index is 0.0240. The van der Waals surface area contributed by atoms with Crippen molar-refractivity contribution < 1.29 is 14.7 Å². The van der Waals surface area contributed by atoms with Crippen LogP contribution in [0.15, 0.2) is 28.7 Å². The topological polar surface area (TPSA) is 66.4 Å². The SMILES string of the molecule is C[C@H](NC(=O)CC(C)(C)CC(=O)O)c1ccccc1Br. The number of halogens is 1. The minimum Gasteiger partial charge on any atom is -0.481 e. The Morgan fingerprint density at radius 2 is 1.90 bits per heavy atom. The zero-order valence-corrected chi connectivity index (χ0v) is 13.5. The van der Waals surface area contributed by atoms with E-state index in [1.54, 1.807) is 13.8 Å². The number of carboxylic acids is 1. The van der Waals surface area contributed by atoms with Crippen LogP contribution in [0.5, 0.6) is 0 Å². The Bertz CT molecular complexity index is 500. The molecule has 0 saturated carbocycles. The predicted octanol–water partition coefficient (Wildman–Crippen LogP) is 3.52. The molecular weight excluding hydrogens is 322 g/mol. The zero-order valence-electron chi connectivity index (χ0n) is 11.9. The van der Waals surface area contributed by atoms with Crippen molar-refractivity contribution in [2.45, 2.75) is 39.7 Å². The summed E-state index contributed by atoms with van der Waals surface area (Å²) in [6, 6.07) is 7.57. The van der Waals surface area contributed by atoms with Crippen LogP contribution in [0.25, 0.3) is 0 Å². The number of hydrogen-bond acceptors (Lipinski definition) is 2. The van der Waals surface area contributed by atoms with E-state index in [2.05, 4.69) is 21.2 Å². The highest BCUT2D eigenvalue weighted by Crippen LogP contribution is 2.26. The van der Waals surface area contributed by atoms with E-state index >= 15 is 0 Å². The van der Waals surface area contributed by atoms with Crippen molar-refractivity contribution in [3.63, 3.8) is 0 Å². The van der Waals surface area contributed by atoms with Gasteiger partial charge in [0, 0.05) is 10.9 Å². The second kappa shape index (κ2) is 6.88. The highest BCUT2D eigenvalue weighted by Gasteiger charge is 2.26. The maximum atomic E-state index is 12.0. The molecule has 0 aliphatic rings. The average Bonchev–Trinajstić information content (AvgIpc) is 2.25. The van der Waals surface area contributed by atoms with Crippen molar-refractivity contribution in [2.75, 3.05) is 0 Å². The molecule has 0 fully saturated rings. The minimum atomic E-state index is -0.887. The molecule has 2 N–H and O–H groups in total. The molecule has 0 unspecified atom stereocenters. The molecule has 0 spiro atoms. The zero-order chi connectivity index (χ0) is 15.3. The lowest BCUT2D eigenvalue weighted by molar-refractivity contribution is -0.139. The van der Waals surface area contributed by atoms with Gasteiger partial charge in [-0.1, -0.05) is 48.0 Å². The van der Waals surface area contributed by atoms with Crippen LogP contribution in [0.4, 0.5) is 0 Å². The van der Waals surface area contributed by atoms with Crippen LogP contribution in [0, 0.1) is 5.41 Å². The number of benzene rings is 1. The molecule has 0 aliphatic carbocycles. The highest BCUT2D eigenvalue weighted by molar-refractivity contribution is 9.10. The summed E-state index contributed by atoms with van der Waals surface area (Å²) in [6.07, 6.45) is 0.165. The molecule has 1 aromatic rings. The summed E-state index contributed by atoms with van der Waals surface area (Å²) in [6.45, 7) is 5.47. The Morgan fingerprint density at radius 1 is 1.30 bits per heavy atom. The van der Waals surface area contributed by atoms with Gasteiger partial charge in [0.25, 0.3) is 0 Å². The van der Waals surface area contributed by atoms with Gasteiger partial charge in [-0.25, -0.2) is 0 Å². The van der Waals surface area contributed by atoms with Crippen LogP contribution in [-0.4, -0.2) is 17.0 Å². The van der Waals surface area contributed by atoms with Gasteiger partial charge in [0.15, 0.2) is 0 Å². The number of aliphatic carboxylic acids is 1. The monoisotopic (exact) mass is 341 g/mol. The molecule has 4 nitrogen and oxygen atoms in total. The molecule has 20 heavy (non-hydrogen) atoms. The van der Waals surface area contributed by atoms with E-state index in [1.807, 2.05) is 31.2 Å². The largest absolute Gasteiger partial charge is 0.481 e. The van der Waals surface area contributed by atoms with Crippen LogP contribution in [0.3, 0.4) is 0 Å². The Labute approximate surface area is 127 Å². The molecule has 0 radical (unpaired) electrons. The third kappa shape index (κ3) is 5.33. The molecule has 110 valence electrons. The van der Waals surface area contributed by atoms with Crippen molar-refractivity contribution in [1.82, 2.24) is 5.32 Å². The Morgan fingerprint density at radius 3 is 2.45 bits per heavy atom. The lowest BCUT2D eigenvalue weighted by atomic mass is 9.85. The second-order valence-corrected chi connectivity index (χ2v) is 6.58. The number of rotatable bonds is 6. The van der Waals surface area contributed by atoms with Gasteiger partial charge in [0.1, 0.15) is 0 Å². The lowest BCUT2D eigenvalue weighted by Gasteiger charge is -2.23. The molecule has 0 bridgehead atoms. The van der Waals surface area contributed by atoms with Gasteiger partial charge in [-0.15, -0.1) is 0 Å². The first-order valence-electron chi connectivity index (χ1n) is 6.47. The van der Waals surface area contributed by atoms with Gasteiger partial charge < -0.3 is 10.4 Å². The number of amides is 1. The molecule has 0 aliphatic heterocycles. The van der Waals surface area contributed by atoms with E-state index in [0.29, 0.717) is 0 Å². The van der Waals surface area contributed by atoms with Crippen molar-refractivity contribution in [3.05, 3.63) is 34.3 Å². The molecule has 0 saturated heterocycles. The van der Waals surface area contributed by atoms with E-state index in [4.69, 9.17) is 5.11 Å². The number of carboxylic acid groups (broad SMARTS) is 1. The molecular formula is C15H20BrNO3.